The fourth-order valence-corrected chi connectivity index (χ4v) is 1.37. The lowest BCUT2D eigenvalue weighted by molar-refractivity contribution is 0.841. The first-order valence-electron chi connectivity index (χ1n) is 4.60. The van der Waals surface area contributed by atoms with E-state index in [2.05, 4.69) is 10.1 Å². The Labute approximate surface area is 87.0 Å². The van der Waals surface area contributed by atoms with Gasteiger partial charge in [-0.3, -0.25) is 0 Å². The summed E-state index contributed by atoms with van der Waals surface area (Å²) in [5.74, 6) is 0.589. The highest BCUT2D eigenvalue weighted by atomic mass is 16.1. The van der Waals surface area contributed by atoms with E-state index in [1.807, 2.05) is 44.4 Å². The number of rotatable bonds is 2. The standard InChI is InChI=1S/C10H12N4O/c1-13(2)10-11-9(15)12-14(10)8-6-4-3-5-7-8/h3-7H,1-2H3,(H,12,15). The van der Waals surface area contributed by atoms with Crippen LogP contribution in [0, 0.1) is 0 Å². The molecule has 2 rings (SSSR count). The number of nitrogens with one attached hydrogen (secondary N) is 1. The third-order valence-electron chi connectivity index (χ3n) is 2.02. The average molecular weight is 204 g/mol. The maximum atomic E-state index is 11.2. The van der Waals surface area contributed by atoms with Crippen molar-refractivity contribution in [2.45, 2.75) is 0 Å². The van der Waals surface area contributed by atoms with Crippen molar-refractivity contribution < 1.29 is 0 Å². The molecule has 1 heterocycles. The Bertz CT molecular complexity index is 498. The Kier molecular flexibility index (Phi) is 2.29. The van der Waals surface area contributed by atoms with E-state index in [4.69, 9.17) is 0 Å². The van der Waals surface area contributed by atoms with E-state index < -0.39 is 0 Å². The minimum atomic E-state index is -0.345. The Balaban J connectivity index is 2.58. The largest absolute Gasteiger partial charge is 0.363 e. The molecule has 0 unspecified atom stereocenters. The molecule has 0 aliphatic carbocycles. The molecule has 0 atom stereocenters. The number of aromatic nitrogens is 3. The number of para-hydroxylation sites is 1. The lowest BCUT2D eigenvalue weighted by Crippen LogP contribution is -2.15. The summed E-state index contributed by atoms with van der Waals surface area (Å²) in [5.41, 5.74) is 0.540. The van der Waals surface area contributed by atoms with Crippen LogP contribution in [0.4, 0.5) is 5.95 Å². The normalized spacial score (nSPS) is 10.3. The number of hydrogen-bond acceptors (Lipinski definition) is 3. The molecule has 5 nitrogen and oxygen atoms in total. The van der Waals surface area contributed by atoms with Gasteiger partial charge in [-0.2, -0.15) is 4.98 Å². The molecule has 0 aliphatic heterocycles. The second kappa shape index (κ2) is 3.61. The van der Waals surface area contributed by atoms with E-state index in [-0.39, 0.29) is 5.69 Å². The van der Waals surface area contributed by atoms with Crippen LogP contribution >= 0.6 is 0 Å². The summed E-state index contributed by atoms with van der Waals surface area (Å²) in [5, 5.41) is 2.65. The Morgan fingerprint density at radius 1 is 1.27 bits per heavy atom. The molecule has 2 aromatic rings. The molecule has 0 fully saturated rings. The number of nitrogens with zero attached hydrogens (tertiary/aromatic N) is 3. The Morgan fingerprint density at radius 2 is 1.93 bits per heavy atom. The van der Waals surface area contributed by atoms with Gasteiger partial charge in [0.05, 0.1) is 5.69 Å². The van der Waals surface area contributed by atoms with Crippen molar-refractivity contribution in [3.05, 3.63) is 40.8 Å². The Morgan fingerprint density at radius 3 is 2.53 bits per heavy atom. The molecule has 0 radical (unpaired) electrons. The molecule has 0 saturated carbocycles. The van der Waals surface area contributed by atoms with Gasteiger partial charge in [-0.25, -0.2) is 14.6 Å². The van der Waals surface area contributed by atoms with Gasteiger partial charge in [0.25, 0.3) is 0 Å². The summed E-state index contributed by atoms with van der Waals surface area (Å²) in [6.45, 7) is 0. The van der Waals surface area contributed by atoms with Gasteiger partial charge in [-0.05, 0) is 12.1 Å². The average Bonchev–Trinajstić information content (AvgIpc) is 2.62. The van der Waals surface area contributed by atoms with Gasteiger partial charge >= 0.3 is 5.69 Å². The van der Waals surface area contributed by atoms with E-state index in [1.54, 1.807) is 9.58 Å². The van der Waals surface area contributed by atoms with Crippen molar-refractivity contribution >= 4 is 5.95 Å². The third kappa shape index (κ3) is 1.76. The summed E-state index contributed by atoms with van der Waals surface area (Å²) >= 11 is 0. The van der Waals surface area contributed by atoms with Gasteiger partial charge < -0.3 is 4.90 Å². The molecule has 0 amide bonds. The fourth-order valence-electron chi connectivity index (χ4n) is 1.37. The van der Waals surface area contributed by atoms with Crippen LogP contribution in [0.1, 0.15) is 0 Å². The first-order valence-corrected chi connectivity index (χ1v) is 4.60. The first-order chi connectivity index (χ1) is 7.18. The predicted octanol–water partition coefficient (Wildman–Crippen LogP) is 0.627. The van der Waals surface area contributed by atoms with Gasteiger partial charge in [0.2, 0.25) is 5.95 Å². The molecular weight excluding hydrogens is 192 g/mol. The second-order valence-electron chi connectivity index (χ2n) is 3.39. The van der Waals surface area contributed by atoms with E-state index in [0.29, 0.717) is 5.95 Å². The topological polar surface area (TPSA) is 53.9 Å². The molecule has 0 aliphatic rings. The van der Waals surface area contributed by atoms with Crippen molar-refractivity contribution in [1.29, 1.82) is 0 Å². The van der Waals surface area contributed by atoms with Crippen LogP contribution in [0.5, 0.6) is 0 Å². The fraction of sp³-hybridized carbons (Fsp3) is 0.200. The van der Waals surface area contributed by atoms with Crippen molar-refractivity contribution in [1.82, 2.24) is 14.8 Å². The molecule has 15 heavy (non-hydrogen) atoms. The molecule has 1 aromatic heterocycles. The maximum Gasteiger partial charge on any atom is 0.363 e. The Hall–Kier alpha value is -2.04. The van der Waals surface area contributed by atoms with Crippen LogP contribution in [0.25, 0.3) is 5.69 Å². The highest BCUT2D eigenvalue weighted by Gasteiger charge is 2.08. The first kappa shape index (κ1) is 9.51. The number of H-pyrrole nitrogens is 1. The van der Waals surface area contributed by atoms with Gasteiger partial charge in [-0.1, -0.05) is 18.2 Å². The van der Waals surface area contributed by atoms with E-state index >= 15 is 0 Å². The lowest BCUT2D eigenvalue weighted by atomic mass is 10.3. The second-order valence-corrected chi connectivity index (χ2v) is 3.39. The van der Waals surface area contributed by atoms with Crippen LogP contribution in [0.3, 0.4) is 0 Å². The quantitative estimate of drug-likeness (QED) is 0.780. The van der Waals surface area contributed by atoms with E-state index in [0.717, 1.165) is 5.69 Å². The van der Waals surface area contributed by atoms with Crippen LogP contribution in [-0.2, 0) is 0 Å². The third-order valence-corrected chi connectivity index (χ3v) is 2.02. The van der Waals surface area contributed by atoms with E-state index in [9.17, 15) is 4.79 Å². The summed E-state index contributed by atoms with van der Waals surface area (Å²) in [4.78, 5) is 16.8. The van der Waals surface area contributed by atoms with Crippen LogP contribution in [0.15, 0.2) is 35.1 Å². The maximum absolute atomic E-state index is 11.2. The lowest BCUT2D eigenvalue weighted by Gasteiger charge is -2.12. The van der Waals surface area contributed by atoms with Crippen LogP contribution in [0.2, 0.25) is 0 Å². The zero-order valence-corrected chi connectivity index (χ0v) is 8.64. The van der Waals surface area contributed by atoms with Crippen molar-refractivity contribution in [2.75, 3.05) is 19.0 Å². The highest BCUT2D eigenvalue weighted by molar-refractivity contribution is 5.39. The number of benzene rings is 1. The number of aromatic amines is 1. The smallest absolute Gasteiger partial charge is 0.347 e. The summed E-state index contributed by atoms with van der Waals surface area (Å²) in [6.07, 6.45) is 0. The zero-order valence-electron chi connectivity index (χ0n) is 8.64. The summed E-state index contributed by atoms with van der Waals surface area (Å²) < 4.78 is 1.66. The summed E-state index contributed by atoms with van der Waals surface area (Å²) in [7, 11) is 3.68. The molecule has 0 spiro atoms. The molecule has 78 valence electrons. The van der Waals surface area contributed by atoms with Gasteiger partial charge in [0.1, 0.15) is 0 Å². The number of hydrogen-bond donors (Lipinski definition) is 1. The minimum Gasteiger partial charge on any atom is -0.347 e. The predicted molar refractivity (Wildman–Crippen MR) is 58.5 cm³/mol. The number of anilines is 1. The van der Waals surface area contributed by atoms with Gasteiger partial charge in [-0.15, -0.1) is 0 Å². The SMILES string of the molecule is CN(C)c1nc(=O)[nH]n1-c1ccccc1. The van der Waals surface area contributed by atoms with Crippen molar-refractivity contribution in [3.63, 3.8) is 0 Å². The van der Waals surface area contributed by atoms with Crippen molar-refractivity contribution in [2.24, 2.45) is 0 Å². The molecule has 1 N–H and O–H groups in total. The van der Waals surface area contributed by atoms with E-state index in [1.165, 1.54) is 0 Å². The van der Waals surface area contributed by atoms with Crippen LogP contribution < -0.4 is 10.6 Å². The zero-order chi connectivity index (χ0) is 10.8. The molecule has 1 aromatic carbocycles. The molecule has 0 saturated heterocycles. The molecule has 5 heteroatoms. The minimum absolute atomic E-state index is 0.345. The van der Waals surface area contributed by atoms with Crippen molar-refractivity contribution in [3.8, 4) is 5.69 Å². The monoisotopic (exact) mass is 204 g/mol. The molecular formula is C10H12N4O. The highest BCUT2D eigenvalue weighted by Crippen LogP contribution is 2.11. The van der Waals surface area contributed by atoms with Gasteiger partial charge in [0, 0.05) is 14.1 Å². The summed E-state index contributed by atoms with van der Waals surface area (Å²) in [6, 6.07) is 9.56. The van der Waals surface area contributed by atoms with Gasteiger partial charge in [0.15, 0.2) is 0 Å². The molecule has 0 bridgehead atoms. The van der Waals surface area contributed by atoms with Crippen LogP contribution in [-0.4, -0.2) is 28.9 Å².